The normalized spacial score (nSPS) is 11.1. The predicted octanol–water partition coefficient (Wildman–Crippen LogP) is 7.96. The van der Waals surface area contributed by atoms with Crippen molar-refractivity contribution in [1.82, 2.24) is 0 Å². The maximum Gasteiger partial charge on any atom is 0.501 e. The number of unbranched alkanes of at least 4 members (excludes halogenated alkanes) is 1. The van der Waals surface area contributed by atoms with Gasteiger partial charge in [0.1, 0.15) is 0 Å². The molecule has 0 rings (SSSR count). The van der Waals surface area contributed by atoms with Crippen molar-refractivity contribution in [3.63, 3.8) is 0 Å². The fourth-order valence-electron chi connectivity index (χ4n) is 4.97. The third-order valence-electron chi connectivity index (χ3n) is 8.78. The zero-order chi connectivity index (χ0) is 52.3. The second-order valence-electron chi connectivity index (χ2n) is 14.6. The number of rotatable bonds is 36. The lowest BCUT2D eigenvalue weighted by molar-refractivity contribution is -0.139. The molecule has 0 amide bonds. The van der Waals surface area contributed by atoms with Gasteiger partial charge in [-0.15, -0.1) is 0 Å². The van der Waals surface area contributed by atoms with Crippen molar-refractivity contribution in [3.05, 3.63) is 48.6 Å². The summed E-state index contributed by atoms with van der Waals surface area (Å²) in [5.41, 5.74) is 1.67. The number of ether oxygens (including phenoxy) is 4. The molecule has 0 atom stereocenters. The Morgan fingerprint density at radius 3 is 0.985 bits per heavy atom. The van der Waals surface area contributed by atoms with Crippen LogP contribution in [0.2, 0.25) is 30.7 Å². The SMILES string of the molecule is C=C(C)C(=O)OCCCC[SiH](OCC)OCC.C=C(C)C(=O)OCCC[Si](C)(OC)OC.C=C(C)C(=O)OCCC[Si](OC)(OC)OC.C=C(C)C(=O)OCCC[Si](OCC)(OCC)OCC. The maximum atomic E-state index is 11.2. The minimum absolute atomic E-state index is 0.312. The molecule has 67 heavy (non-hydrogen) atoms. The van der Waals surface area contributed by atoms with Crippen LogP contribution >= 0.6 is 0 Å². The molecule has 0 saturated carbocycles. The van der Waals surface area contributed by atoms with Gasteiger partial charge in [0.25, 0.3) is 0 Å². The third kappa shape index (κ3) is 38.8. The van der Waals surface area contributed by atoms with E-state index in [4.69, 9.17) is 63.2 Å². The lowest BCUT2D eigenvalue weighted by Crippen LogP contribution is -2.46. The molecule has 18 nitrogen and oxygen atoms in total. The van der Waals surface area contributed by atoms with Crippen LogP contribution in [-0.2, 0) is 82.4 Å². The van der Waals surface area contributed by atoms with Crippen molar-refractivity contribution >= 4 is 59.3 Å². The summed E-state index contributed by atoms with van der Waals surface area (Å²) in [5.74, 6) is -1.39. The van der Waals surface area contributed by atoms with E-state index in [0.29, 0.717) is 107 Å². The van der Waals surface area contributed by atoms with Crippen LogP contribution in [-0.4, -0.2) is 154 Å². The number of carbonyl (C=O) groups excluding carboxylic acids is 4. The molecular formula is C45H90O18Si4. The van der Waals surface area contributed by atoms with Crippen molar-refractivity contribution in [1.29, 1.82) is 0 Å². The van der Waals surface area contributed by atoms with Gasteiger partial charge in [-0.1, -0.05) is 26.3 Å². The highest BCUT2D eigenvalue weighted by Gasteiger charge is 2.40. The van der Waals surface area contributed by atoms with E-state index < -0.39 is 35.5 Å². The summed E-state index contributed by atoms with van der Waals surface area (Å²) in [6.45, 7) is 36.8. The van der Waals surface area contributed by atoms with Crippen LogP contribution in [0, 0.1) is 0 Å². The van der Waals surface area contributed by atoms with Gasteiger partial charge in [-0.25, -0.2) is 19.2 Å². The summed E-state index contributed by atoms with van der Waals surface area (Å²) in [6, 6.07) is 3.03. The van der Waals surface area contributed by atoms with E-state index in [9.17, 15) is 19.2 Å². The van der Waals surface area contributed by atoms with Crippen molar-refractivity contribution in [2.75, 3.05) is 95.0 Å². The number of carbonyl (C=O) groups is 4. The zero-order valence-electron chi connectivity index (χ0n) is 44.0. The standard InChI is InChI=1S/C13H26O5Si.C12H24O4Si.C10H20O5Si.C10H20O4Si/c1-6-16-19(17-7-2,18-8-3)11-9-10-15-13(14)12(4)5;1-5-15-17(16-6-2)10-8-7-9-14-12(13)11(3)4;1-9(2)10(11)15-7-6-8-16(12-3,13-4)14-5;1-9(2)10(11)14-7-6-8-15(5,12-3)13-4/h4,6-11H2,1-3,5H3;17H,3,5-10H2,1-2,4H3;1,6-8H2,2-5H3;1,6-8H2,2-5H3. The topological polar surface area (TPSA) is 197 Å². The molecule has 0 aromatic heterocycles. The highest BCUT2D eigenvalue weighted by molar-refractivity contribution is 6.65. The number of hydrogen-bond acceptors (Lipinski definition) is 18. The number of hydrogen-bond donors (Lipinski definition) is 0. The van der Waals surface area contributed by atoms with E-state index in [-0.39, 0.29) is 23.9 Å². The Kier molecular flexibility index (Phi) is 47.1. The highest BCUT2D eigenvalue weighted by atomic mass is 28.4. The highest BCUT2D eigenvalue weighted by Crippen LogP contribution is 2.19. The van der Waals surface area contributed by atoms with Crippen molar-refractivity contribution < 1.29 is 82.4 Å². The van der Waals surface area contributed by atoms with E-state index in [2.05, 4.69) is 26.3 Å². The molecule has 394 valence electrons. The Morgan fingerprint density at radius 2 is 0.716 bits per heavy atom. The van der Waals surface area contributed by atoms with Crippen molar-refractivity contribution in [2.45, 2.75) is 125 Å². The van der Waals surface area contributed by atoms with Gasteiger partial charge in [0.15, 0.2) is 0 Å². The van der Waals surface area contributed by atoms with Gasteiger partial charge in [-0.2, -0.15) is 0 Å². The Morgan fingerprint density at radius 1 is 0.418 bits per heavy atom. The summed E-state index contributed by atoms with van der Waals surface area (Å²) in [7, 11) is -0.667. The molecule has 0 N–H and O–H groups in total. The molecule has 22 heteroatoms. The molecule has 0 spiro atoms. The first kappa shape index (κ1) is 70.9. The van der Waals surface area contributed by atoms with Gasteiger partial charge < -0.3 is 63.2 Å². The number of esters is 4. The van der Waals surface area contributed by atoms with Gasteiger partial charge in [-0.05, 0) is 113 Å². The molecule has 0 bridgehead atoms. The first-order valence-electron chi connectivity index (χ1n) is 22.8. The Hall–Kier alpha value is -2.69. The minimum Gasteiger partial charge on any atom is -0.462 e. The molecule has 0 aliphatic carbocycles. The van der Waals surface area contributed by atoms with Crippen LogP contribution in [0.1, 0.15) is 94.4 Å². The van der Waals surface area contributed by atoms with Crippen LogP contribution in [0.4, 0.5) is 0 Å². The van der Waals surface area contributed by atoms with E-state index in [1.54, 1.807) is 63.2 Å². The third-order valence-corrected chi connectivity index (χ3v) is 20.0. The van der Waals surface area contributed by atoms with Crippen LogP contribution < -0.4 is 0 Å². The molecule has 0 aliphatic heterocycles. The van der Waals surface area contributed by atoms with Gasteiger partial charge in [0, 0.05) is 103 Å². The summed E-state index contributed by atoms with van der Waals surface area (Å²) >= 11 is 0. The Bertz CT molecular complexity index is 1340. The van der Waals surface area contributed by atoms with Crippen LogP contribution in [0.15, 0.2) is 48.6 Å². The van der Waals surface area contributed by atoms with E-state index in [1.165, 1.54) is 0 Å². The smallest absolute Gasteiger partial charge is 0.462 e. The average molecular weight is 1030 g/mol. The second kappa shape index (κ2) is 44.5. The molecule has 0 unspecified atom stereocenters. The fraction of sp³-hybridized carbons (Fsp3) is 0.733. The summed E-state index contributed by atoms with van der Waals surface area (Å²) in [6.07, 6.45) is 3.87. The molecule has 0 aromatic rings. The van der Waals surface area contributed by atoms with Crippen molar-refractivity contribution in [2.24, 2.45) is 0 Å². The fourth-order valence-corrected chi connectivity index (χ4v) is 12.4. The maximum absolute atomic E-state index is 11.2. The van der Waals surface area contributed by atoms with Gasteiger partial charge in [-0.3, -0.25) is 0 Å². The molecule has 0 heterocycles. The molecule has 0 aromatic carbocycles. The molecule has 0 saturated heterocycles. The van der Waals surface area contributed by atoms with Crippen molar-refractivity contribution in [3.8, 4) is 0 Å². The zero-order valence-corrected chi connectivity index (χ0v) is 48.1. The molecular weight excluding hydrogens is 941 g/mol. The Balaban J connectivity index is -0.000000396. The average Bonchev–Trinajstić information content (AvgIpc) is 3.29. The van der Waals surface area contributed by atoms with Crippen LogP contribution in [0.5, 0.6) is 0 Å². The lowest BCUT2D eigenvalue weighted by atomic mass is 10.3. The lowest BCUT2D eigenvalue weighted by Gasteiger charge is -2.28. The van der Waals surface area contributed by atoms with Crippen LogP contribution in [0.3, 0.4) is 0 Å². The van der Waals surface area contributed by atoms with E-state index in [0.717, 1.165) is 31.4 Å². The predicted molar refractivity (Wildman–Crippen MR) is 269 cm³/mol. The molecule has 0 fully saturated rings. The summed E-state index contributed by atoms with van der Waals surface area (Å²) in [5, 5.41) is 0. The van der Waals surface area contributed by atoms with Gasteiger partial charge in [0.05, 0.1) is 26.4 Å². The largest absolute Gasteiger partial charge is 0.501 e. The summed E-state index contributed by atoms with van der Waals surface area (Å²) in [4.78, 5) is 44.4. The molecule has 0 aliphatic rings. The summed E-state index contributed by atoms with van der Waals surface area (Å²) < 4.78 is 74.4. The van der Waals surface area contributed by atoms with E-state index in [1.807, 2.05) is 41.2 Å². The second-order valence-corrected chi connectivity index (χ2v) is 26.1. The monoisotopic (exact) mass is 1030 g/mol. The molecule has 0 radical (unpaired) electrons. The van der Waals surface area contributed by atoms with Crippen LogP contribution in [0.25, 0.3) is 0 Å². The van der Waals surface area contributed by atoms with Gasteiger partial charge in [0.2, 0.25) is 0 Å². The van der Waals surface area contributed by atoms with Gasteiger partial charge >= 0.3 is 59.3 Å². The van der Waals surface area contributed by atoms with E-state index >= 15 is 0 Å². The quantitative estimate of drug-likeness (QED) is 0.0192. The first-order chi connectivity index (χ1) is 31.6. The Labute approximate surface area is 409 Å². The minimum atomic E-state index is -2.61. The first-order valence-corrected chi connectivity index (χ1v) is 30.9.